The predicted molar refractivity (Wildman–Crippen MR) is 110 cm³/mol. The first-order valence-electron chi connectivity index (χ1n) is 9.49. The summed E-state index contributed by atoms with van der Waals surface area (Å²) in [4.78, 5) is 13.3. The maximum absolute atomic E-state index is 13.6. The fourth-order valence-corrected chi connectivity index (χ4v) is 3.96. The van der Waals surface area contributed by atoms with Gasteiger partial charge in [-0.2, -0.15) is 0 Å². The van der Waals surface area contributed by atoms with E-state index in [1.165, 1.54) is 54.6 Å². The molecule has 0 spiro atoms. The zero-order valence-corrected chi connectivity index (χ0v) is 16.1. The lowest BCUT2D eigenvalue weighted by molar-refractivity contribution is 0.0596. The number of carboxylic acids is 1. The van der Waals surface area contributed by atoms with E-state index >= 15 is 0 Å². The third kappa shape index (κ3) is 3.17. The number of fused-ring (bicyclic) bond motifs is 1. The summed E-state index contributed by atoms with van der Waals surface area (Å²) in [5.74, 6) is -1.94. The first kappa shape index (κ1) is 19.8. The van der Waals surface area contributed by atoms with Crippen LogP contribution in [0.4, 0.5) is 20.2 Å². The zero-order chi connectivity index (χ0) is 21.5. The molecule has 1 aliphatic heterocycles. The van der Waals surface area contributed by atoms with Gasteiger partial charge in [-0.15, -0.1) is 0 Å². The van der Waals surface area contributed by atoms with Gasteiger partial charge in [0.25, 0.3) is 0 Å². The summed E-state index contributed by atoms with van der Waals surface area (Å²) in [5, 5.41) is 24.6. The van der Waals surface area contributed by atoms with Crippen molar-refractivity contribution in [2.75, 3.05) is 16.8 Å². The molecular formula is C23H20F2N2O3. The van der Waals surface area contributed by atoms with E-state index in [9.17, 15) is 23.8 Å². The van der Waals surface area contributed by atoms with Gasteiger partial charge >= 0.3 is 5.97 Å². The first-order valence-corrected chi connectivity index (χ1v) is 9.49. The van der Waals surface area contributed by atoms with Crippen LogP contribution in [0.15, 0.2) is 66.7 Å². The van der Waals surface area contributed by atoms with Crippen molar-refractivity contribution >= 4 is 17.3 Å². The highest BCUT2D eigenvalue weighted by Gasteiger charge is 2.47. The Morgan fingerprint density at radius 3 is 2.00 bits per heavy atom. The van der Waals surface area contributed by atoms with Gasteiger partial charge in [-0.25, -0.2) is 13.6 Å². The molecule has 1 aliphatic rings. The molecule has 0 fully saturated rings. The van der Waals surface area contributed by atoms with Gasteiger partial charge in [-0.1, -0.05) is 24.3 Å². The van der Waals surface area contributed by atoms with E-state index in [2.05, 4.69) is 5.32 Å². The lowest BCUT2D eigenvalue weighted by Crippen LogP contribution is -2.53. The molecule has 0 saturated heterocycles. The standard InChI is InChI=1S/C23H20F2N2O3/c1-2-27-20-13-14(21(28)29)3-12-19(20)26-22(27)23(30,15-4-8-17(24)9-5-15)16-6-10-18(25)11-7-16/h3-13,22,26,30H,2H2,1H3,(H,28,29). The number of aliphatic hydroxyl groups is 1. The van der Waals surface area contributed by atoms with Crippen molar-refractivity contribution < 1.29 is 23.8 Å². The molecular weight excluding hydrogens is 390 g/mol. The fraction of sp³-hybridized carbons (Fsp3) is 0.174. The number of carboxylic acid groups (broad SMARTS) is 1. The molecule has 4 rings (SSSR count). The van der Waals surface area contributed by atoms with Crippen molar-refractivity contribution in [2.24, 2.45) is 0 Å². The van der Waals surface area contributed by atoms with Crippen LogP contribution in [0.25, 0.3) is 0 Å². The Morgan fingerprint density at radius 1 is 1.00 bits per heavy atom. The number of nitrogens with one attached hydrogen (secondary N) is 1. The highest BCUT2D eigenvalue weighted by molar-refractivity contribution is 5.92. The Kier molecular flexibility index (Phi) is 4.91. The lowest BCUT2D eigenvalue weighted by Gasteiger charge is -2.40. The number of hydrogen-bond donors (Lipinski definition) is 3. The fourth-order valence-electron chi connectivity index (χ4n) is 3.96. The van der Waals surface area contributed by atoms with Crippen LogP contribution < -0.4 is 10.2 Å². The zero-order valence-electron chi connectivity index (χ0n) is 16.1. The summed E-state index contributed by atoms with van der Waals surface area (Å²) in [6.07, 6.45) is -0.738. The molecule has 0 bridgehead atoms. The third-order valence-electron chi connectivity index (χ3n) is 5.46. The highest BCUT2D eigenvalue weighted by Crippen LogP contribution is 2.44. The molecule has 5 nitrogen and oxygen atoms in total. The average Bonchev–Trinajstić information content (AvgIpc) is 3.12. The molecule has 3 N–H and O–H groups in total. The Hall–Kier alpha value is -3.45. The molecule has 0 aliphatic carbocycles. The Bertz CT molecular complexity index is 1040. The van der Waals surface area contributed by atoms with Crippen LogP contribution in [0.1, 0.15) is 28.4 Å². The van der Waals surface area contributed by atoms with Crippen LogP contribution in [0.5, 0.6) is 0 Å². The maximum atomic E-state index is 13.6. The van der Waals surface area contributed by atoms with E-state index in [1.807, 2.05) is 11.8 Å². The second kappa shape index (κ2) is 7.42. The molecule has 30 heavy (non-hydrogen) atoms. The van der Waals surface area contributed by atoms with Gasteiger partial charge in [0.2, 0.25) is 0 Å². The molecule has 154 valence electrons. The minimum Gasteiger partial charge on any atom is -0.478 e. The molecule has 0 saturated carbocycles. The van der Waals surface area contributed by atoms with Crippen LogP contribution >= 0.6 is 0 Å². The number of carbonyl (C=O) groups is 1. The lowest BCUT2D eigenvalue weighted by atomic mass is 9.83. The number of nitrogens with zero attached hydrogens (tertiary/aromatic N) is 1. The summed E-state index contributed by atoms with van der Waals surface area (Å²) >= 11 is 0. The van der Waals surface area contributed by atoms with Crippen molar-refractivity contribution in [1.29, 1.82) is 0 Å². The van der Waals surface area contributed by atoms with Crippen LogP contribution in [0.3, 0.4) is 0 Å². The number of benzene rings is 3. The molecule has 1 atom stereocenters. The molecule has 1 unspecified atom stereocenters. The van der Waals surface area contributed by atoms with Crippen LogP contribution in [0.2, 0.25) is 0 Å². The molecule has 0 radical (unpaired) electrons. The number of anilines is 2. The number of hydrogen-bond acceptors (Lipinski definition) is 4. The summed E-state index contributed by atoms with van der Waals surface area (Å²) in [7, 11) is 0. The minimum atomic E-state index is -1.68. The molecule has 3 aromatic carbocycles. The third-order valence-corrected chi connectivity index (χ3v) is 5.46. The second-order valence-electron chi connectivity index (χ2n) is 7.15. The van der Waals surface area contributed by atoms with Gasteiger partial charge in [0.1, 0.15) is 17.8 Å². The van der Waals surface area contributed by atoms with Crippen molar-refractivity contribution in [3.8, 4) is 0 Å². The largest absolute Gasteiger partial charge is 0.478 e. The Labute approximate surface area is 172 Å². The number of aromatic carboxylic acids is 1. The van der Waals surface area contributed by atoms with Crippen LogP contribution in [-0.4, -0.2) is 28.9 Å². The average molecular weight is 410 g/mol. The van der Waals surface area contributed by atoms with E-state index in [-0.39, 0.29) is 5.56 Å². The highest BCUT2D eigenvalue weighted by atomic mass is 19.1. The molecule has 0 amide bonds. The van der Waals surface area contributed by atoms with Crippen LogP contribution in [-0.2, 0) is 5.60 Å². The van der Waals surface area contributed by atoms with E-state index < -0.39 is 29.4 Å². The van der Waals surface area contributed by atoms with E-state index in [4.69, 9.17) is 0 Å². The van der Waals surface area contributed by atoms with Gasteiger partial charge in [0.05, 0.1) is 16.9 Å². The molecule has 1 heterocycles. The van der Waals surface area contributed by atoms with Gasteiger partial charge in [0.15, 0.2) is 5.60 Å². The molecule has 7 heteroatoms. The topological polar surface area (TPSA) is 72.8 Å². The van der Waals surface area contributed by atoms with Gasteiger partial charge in [-0.3, -0.25) is 0 Å². The van der Waals surface area contributed by atoms with Gasteiger partial charge in [-0.05, 0) is 60.5 Å². The van der Waals surface area contributed by atoms with Crippen LogP contribution in [0, 0.1) is 11.6 Å². The summed E-state index contributed by atoms with van der Waals surface area (Å²) in [6, 6.07) is 15.6. The summed E-state index contributed by atoms with van der Waals surface area (Å²) in [6.45, 7) is 2.34. The number of rotatable bonds is 5. The Morgan fingerprint density at radius 2 is 1.53 bits per heavy atom. The van der Waals surface area contributed by atoms with E-state index in [0.717, 1.165) is 0 Å². The maximum Gasteiger partial charge on any atom is 0.335 e. The van der Waals surface area contributed by atoms with Crippen molar-refractivity contribution in [3.63, 3.8) is 0 Å². The first-order chi connectivity index (χ1) is 14.3. The Balaban J connectivity index is 1.87. The van der Waals surface area contributed by atoms with E-state index in [1.54, 1.807) is 12.1 Å². The second-order valence-corrected chi connectivity index (χ2v) is 7.15. The molecule has 3 aromatic rings. The monoisotopic (exact) mass is 410 g/mol. The SMILES string of the molecule is CCN1c2cc(C(=O)O)ccc2NC1C(O)(c1ccc(F)cc1)c1ccc(F)cc1. The summed E-state index contributed by atoms with van der Waals surface area (Å²) in [5.41, 5.74) is 0.566. The smallest absolute Gasteiger partial charge is 0.335 e. The van der Waals surface area contributed by atoms with Crippen molar-refractivity contribution in [3.05, 3.63) is 95.1 Å². The van der Waals surface area contributed by atoms with Crippen molar-refractivity contribution in [1.82, 2.24) is 0 Å². The predicted octanol–water partition coefficient (Wildman–Crippen LogP) is 4.18. The quantitative estimate of drug-likeness (QED) is 0.589. The molecule has 0 aromatic heterocycles. The number of likely N-dealkylation sites (N-methyl/N-ethyl adjacent to an activating group) is 1. The summed E-state index contributed by atoms with van der Waals surface area (Å²) < 4.78 is 27.1. The minimum absolute atomic E-state index is 0.127. The van der Waals surface area contributed by atoms with E-state index in [0.29, 0.717) is 29.0 Å². The van der Waals surface area contributed by atoms with Gasteiger partial charge < -0.3 is 20.4 Å². The van der Waals surface area contributed by atoms with Gasteiger partial charge in [0, 0.05) is 6.54 Å². The number of halogens is 2. The normalized spacial score (nSPS) is 15.6. The van der Waals surface area contributed by atoms with Crippen molar-refractivity contribution in [2.45, 2.75) is 18.7 Å².